The van der Waals surface area contributed by atoms with E-state index in [-0.39, 0.29) is 12.5 Å². The summed E-state index contributed by atoms with van der Waals surface area (Å²) in [7, 11) is 0. The first-order valence-corrected chi connectivity index (χ1v) is 8.10. The fraction of sp³-hybridized carbons (Fsp3) is 0.316. The van der Waals surface area contributed by atoms with Gasteiger partial charge in [-0.15, -0.1) is 0 Å². The Bertz CT molecular complexity index is 687. The van der Waals surface area contributed by atoms with Crippen LogP contribution in [0.15, 0.2) is 48.5 Å². The van der Waals surface area contributed by atoms with Crippen LogP contribution in [0.5, 0.6) is 11.5 Å². The summed E-state index contributed by atoms with van der Waals surface area (Å²) in [5.74, 6) is 1.24. The average molecular weight is 327 g/mol. The predicted octanol–water partition coefficient (Wildman–Crippen LogP) is 2.24. The van der Waals surface area contributed by atoms with E-state index in [9.17, 15) is 9.90 Å². The van der Waals surface area contributed by atoms with Gasteiger partial charge in [0.2, 0.25) is 5.91 Å². The average Bonchev–Trinajstić information content (AvgIpc) is 2.65. The summed E-state index contributed by atoms with van der Waals surface area (Å²) in [6.45, 7) is 1.21. The lowest BCUT2D eigenvalue weighted by Crippen LogP contribution is -2.28. The number of aryl methyl sites for hydroxylation is 1. The zero-order valence-electron chi connectivity index (χ0n) is 13.4. The molecule has 0 aromatic heterocycles. The van der Waals surface area contributed by atoms with E-state index in [0.29, 0.717) is 43.1 Å². The van der Waals surface area contributed by atoms with Crippen molar-refractivity contribution in [3.05, 3.63) is 59.7 Å². The van der Waals surface area contributed by atoms with Crippen molar-refractivity contribution in [3.63, 3.8) is 0 Å². The summed E-state index contributed by atoms with van der Waals surface area (Å²) >= 11 is 0. The van der Waals surface area contributed by atoms with Gasteiger partial charge in [-0.1, -0.05) is 36.4 Å². The van der Waals surface area contributed by atoms with E-state index in [1.54, 1.807) is 18.2 Å². The van der Waals surface area contributed by atoms with E-state index >= 15 is 0 Å². The summed E-state index contributed by atoms with van der Waals surface area (Å²) in [4.78, 5) is 11.9. The smallest absolute Gasteiger partial charge is 0.220 e. The summed E-state index contributed by atoms with van der Waals surface area (Å²) in [5.41, 5.74) is 1.82. The van der Waals surface area contributed by atoms with Crippen molar-refractivity contribution in [2.45, 2.75) is 18.9 Å². The van der Waals surface area contributed by atoms with Crippen LogP contribution < -0.4 is 14.8 Å². The molecule has 5 nitrogen and oxygen atoms in total. The Labute approximate surface area is 141 Å². The number of ether oxygens (including phenoxy) is 2. The molecule has 0 saturated heterocycles. The third kappa shape index (κ3) is 4.26. The van der Waals surface area contributed by atoms with Gasteiger partial charge in [-0.2, -0.15) is 0 Å². The fourth-order valence-electron chi connectivity index (χ4n) is 2.59. The quantitative estimate of drug-likeness (QED) is 0.854. The number of amides is 1. The second kappa shape index (κ2) is 7.84. The van der Waals surface area contributed by atoms with Crippen LogP contribution in [0.2, 0.25) is 0 Å². The van der Waals surface area contributed by atoms with E-state index in [0.717, 1.165) is 5.56 Å². The molecule has 1 aliphatic heterocycles. The molecule has 0 fully saturated rings. The maximum atomic E-state index is 11.9. The van der Waals surface area contributed by atoms with Gasteiger partial charge in [0.1, 0.15) is 13.2 Å². The van der Waals surface area contributed by atoms with Crippen LogP contribution in [0.4, 0.5) is 0 Å². The van der Waals surface area contributed by atoms with Gasteiger partial charge in [-0.25, -0.2) is 0 Å². The highest BCUT2D eigenvalue weighted by Gasteiger charge is 2.16. The Kier molecular flexibility index (Phi) is 5.33. The number of carbonyl (C=O) groups excluding carboxylic acids is 1. The molecule has 2 aromatic carbocycles. The number of carbonyl (C=O) groups is 1. The van der Waals surface area contributed by atoms with Crippen LogP contribution in [-0.4, -0.2) is 30.8 Å². The molecule has 24 heavy (non-hydrogen) atoms. The molecule has 1 unspecified atom stereocenters. The minimum absolute atomic E-state index is 0.0737. The molecule has 0 aliphatic carbocycles. The van der Waals surface area contributed by atoms with Crippen LogP contribution in [-0.2, 0) is 11.2 Å². The predicted molar refractivity (Wildman–Crippen MR) is 90.2 cm³/mol. The van der Waals surface area contributed by atoms with Crippen molar-refractivity contribution in [1.29, 1.82) is 0 Å². The normalized spacial score (nSPS) is 14.0. The largest absolute Gasteiger partial charge is 0.486 e. The third-order valence-corrected chi connectivity index (χ3v) is 3.93. The van der Waals surface area contributed by atoms with Gasteiger partial charge in [-0.3, -0.25) is 4.79 Å². The van der Waals surface area contributed by atoms with Crippen LogP contribution >= 0.6 is 0 Å². The second-order valence-corrected chi connectivity index (χ2v) is 5.71. The maximum absolute atomic E-state index is 11.9. The highest BCUT2D eigenvalue weighted by atomic mass is 16.6. The molecule has 1 heterocycles. The maximum Gasteiger partial charge on any atom is 0.220 e. The van der Waals surface area contributed by atoms with Gasteiger partial charge in [0.15, 0.2) is 11.5 Å². The van der Waals surface area contributed by atoms with E-state index in [2.05, 4.69) is 5.32 Å². The minimum atomic E-state index is -0.776. The Morgan fingerprint density at radius 3 is 2.62 bits per heavy atom. The van der Waals surface area contributed by atoms with Crippen LogP contribution in [0.3, 0.4) is 0 Å². The Hall–Kier alpha value is -2.53. The van der Waals surface area contributed by atoms with Crippen LogP contribution in [0.25, 0.3) is 0 Å². The summed E-state index contributed by atoms with van der Waals surface area (Å²) in [5, 5.41) is 13.0. The first kappa shape index (κ1) is 16.3. The number of fused-ring (bicyclic) bond motifs is 1. The molecule has 0 saturated carbocycles. The van der Waals surface area contributed by atoms with Crippen molar-refractivity contribution in [2.75, 3.05) is 19.8 Å². The zero-order valence-corrected chi connectivity index (χ0v) is 13.4. The van der Waals surface area contributed by atoms with E-state index in [1.165, 1.54) is 0 Å². The first-order chi connectivity index (χ1) is 11.7. The lowest BCUT2D eigenvalue weighted by atomic mass is 10.1. The molecule has 0 bridgehead atoms. The number of aliphatic hydroxyl groups excluding tert-OH is 1. The highest BCUT2D eigenvalue weighted by molar-refractivity contribution is 5.76. The molecule has 0 spiro atoms. The number of benzene rings is 2. The monoisotopic (exact) mass is 327 g/mol. The van der Waals surface area contributed by atoms with Gasteiger partial charge < -0.3 is 19.9 Å². The minimum Gasteiger partial charge on any atom is -0.486 e. The molecule has 1 aliphatic rings. The van der Waals surface area contributed by atoms with Crippen LogP contribution in [0.1, 0.15) is 23.7 Å². The molecule has 5 heteroatoms. The zero-order chi connectivity index (χ0) is 16.8. The van der Waals surface area contributed by atoms with Gasteiger partial charge in [0, 0.05) is 13.0 Å². The van der Waals surface area contributed by atoms with Crippen LogP contribution in [0, 0.1) is 0 Å². The van der Waals surface area contributed by atoms with E-state index in [1.807, 2.05) is 30.3 Å². The topological polar surface area (TPSA) is 67.8 Å². The summed E-state index contributed by atoms with van der Waals surface area (Å²) in [6.07, 6.45) is 0.312. The number of rotatable bonds is 6. The molecule has 2 aromatic rings. The molecule has 126 valence electrons. The molecular formula is C19H21NO4. The van der Waals surface area contributed by atoms with Gasteiger partial charge in [-0.05, 0) is 29.7 Å². The summed E-state index contributed by atoms with van der Waals surface area (Å²) in [6, 6.07) is 15.2. The molecule has 3 rings (SSSR count). The number of hydrogen-bond acceptors (Lipinski definition) is 4. The van der Waals surface area contributed by atoms with Crippen molar-refractivity contribution in [3.8, 4) is 11.5 Å². The number of hydrogen-bond donors (Lipinski definition) is 2. The Balaban J connectivity index is 1.48. The van der Waals surface area contributed by atoms with E-state index < -0.39 is 6.10 Å². The van der Waals surface area contributed by atoms with Gasteiger partial charge >= 0.3 is 0 Å². The van der Waals surface area contributed by atoms with Crippen molar-refractivity contribution in [2.24, 2.45) is 0 Å². The van der Waals surface area contributed by atoms with Gasteiger partial charge in [0.25, 0.3) is 0 Å². The van der Waals surface area contributed by atoms with E-state index in [4.69, 9.17) is 9.47 Å². The number of nitrogens with one attached hydrogen (secondary N) is 1. The van der Waals surface area contributed by atoms with Crippen molar-refractivity contribution >= 4 is 5.91 Å². The molecule has 2 N–H and O–H groups in total. The van der Waals surface area contributed by atoms with Gasteiger partial charge in [0.05, 0.1) is 6.10 Å². The van der Waals surface area contributed by atoms with Crippen molar-refractivity contribution < 1.29 is 19.4 Å². The fourth-order valence-corrected chi connectivity index (χ4v) is 2.59. The van der Waals surface area contributed by atoms with Crippen molar-refractivity contribution in [1.82, 2.24) is 5.32 Å². The molecule has 1 amide bonds. The SMILES string of the molecule is O=C(CCc1ccccc1)NCC(O)c1ccc2c(c1)OCCO2. The second-order valence-electron chi connectivity index (χ2n) is 5.71. The number of aliphatic hydroxyl groups is 1. The highest BCUT2D eigenvalue weighted by Crippen LogP contribution is 2.32. The molecule has 0 radical (unpaired) electrons. The molecular weight excluding hydrogens is 306 g/mol. The molecule has 1 atom stereocenters. The Morgan fingerprint density at radius 2 is 1.83 bits per heavy atom. The lowest BCUT2D eigenvalue weighted by Gasteiger charge is -2.20. The summed E-state index contributed by atoms with van der Waals surface area (Å²) < 4.78 is 11.0. The Morgan fingerprint density at radius 1 is 1.08 bits per heavy atom. The third-order valence-electron chi connectivity index (χ3n) is 3.93. The lowest BCUT2D eigenvalue weighted by molar-refractivity contribution is -0.121. The standard InChI is InChI=1S/C19H21NO4/c21-16(15-7-8-17-18(12-15)24-11-10-23-17)13-20-19(22)9-6-14-4-2-1-3-5-14/h1-5,7-8,12,16,21H,6,9-11,13H2,(H,20,22). The first-order valence-electron chi connectivity index (χ1n) is 8.10.